The first-order valence-corrected chi connectivity index (χ1v) is 6.26. The van der Waals surface area contributed by atoms with Crippen LogP contribution in [0.3, 0.4) is 0 Å². The van der Waals surface area contributed by atoms with E-state index in [1.807, 2.05) is 6.33 Å². The first-order valence-electron chi connectivity index (χ1n) is 6.26. The Hall–Kier alpha value is -1.58. The first kappa shape index (κ1) is 10.6. The van der Waals surface area contributed by atoms with Crippen molar-refractivity contribution in [2.24, 2.45) is 0 Å². The molecule has 2 heterocycles. The van der Waals surface area contributed by atoms with Crippen LogP contribution in [0.2, 0.25) is 0 Å². The zero-order valence-corrected chi connectivity index (χ0v) is 10.1. The summed E-state index contributed by atoms with van der Waals surface area (Å²) in [4.78, 5) is 18.7. The van der Waals surface area contributed by atoms with Crippen LogP contribution in [0.25, 0.3) is 11.2 Å². The van der Waals surface area contributed by atoms with Gasteiger partial charge in [-0.2, -0.15) is 0 Å². The number of aromatic nitrogens is 3. The highest BCUT2D eigenvalue weighted by molar-refractivity contribution is 5.70. The number of H-pyrrole nitrogens is 1. The Kier molecular flexibility index (Phi) is 2.31. The third-order valence-corrected chi connectivity index (χ3v) is 3.94. The van der Waals surface area contributed by atoms with Gasteiger partial charge < -0.3 is 9.55 Å². The minimum atomic E-state index is -0.0568. The summed E-state index contributed by atoms with van der Waals surface area (Å²) in [5, 5.41) is 0. The number of imidazole rings is 1. The van der Waals surface area contributed by atoms with Crippen LogP contribution in [0.5, 0.6) is 0 Å². The second kappa shape index (κ2) is 3.72. The van der Waals surface area contributed by atoms with Crippen LogP contribution in [0, 0.1) is 0 Å². The largest absolute Gasteiger partial charge is 0.311 e. The predicted octanol–water partition coefficient (Wildman–Crippen LogP) is 2.40. The smallest absolute Gasteiger partial charge is 0.249 e. The molecule has 0 radical (unpaired) electrons. The van der Waals surface area contributed by atoms with Crippen molar-refractivity contribution in [2.75, 3.05) is 0 Å². The maximum atomic E-state index is 11.4. The molecule has 0 aromatic carbocycles. The molecule has 90 valence electrons. The molecule has 1 aliphatic carbocycles. The normalized spacial score (nSPS) is 19.6. The highest BCUT2D eigenvalue weighted by Crippen LogP contribution is 2.35. The van der Waals surface area contributed by atoms with E-state index in [1.165, 1.54) is 25.3 Å². The van der Waals surface area contributed by atoms with Crippen molar-refractivity contribution in [3.8, 4) is 0 Å². The lowest BCUT2D eigenvalue weighted by Crippen LogP contribution is -2.32. The fraction of sp³-hybridized carbons (Fsp3) is 0.538. The van der Waals surface area contributed by atoms with Gasteiger partial charge in [0.2, 0.25) is 5.56 Å². The van der Waals surface area contributed by atoms with Crippen LogP contribution >= 0.6 is 0 Å². The number of pyridine rings is 1. The van der Waals surface area contributed by atoms with E-state index in [0.29, 0.717) is 0 Å². The first-order chi connectivity index (χ1) is 8.19. The molecule has 0 atom stereocenters. The lowest BCUT2D eigenvalue weighted by Gasteiger charge is -2.35. The minimum absolute atomic E-state index is 0.0568. The van der Waals surface area contributed by atoms with Gasteiger partial charge in [0.15, 0.2) is 0 Å². The van der Waals surface area contributed by atoms with Crippen molar-refractivity contribution in [2.45, 2.75) is 44.6 Å². The van der Waals surface area contributed by atoms with E-state index in [-0.39, 0.29) is 11.1 Å². The van der Waals surface area contributed by atoms with Crippen LogP contribution in [-0.4, -0.2) is 14.5 Å². The lowest BCUT2D eigenvalue weighted by molar-refractivity contribution is 0.223. The van der Waals surface area contributed by atoms with Crippen LogP contribution in [-0.2, 0) is 5.54 Å². The third-order valence-electron chi connectivity index (χ3n) is 3.94. The summed E-state index contributed by atoms with van der Waals surface area (Å²) in [5.41, 5.74) is 1.79. The Labute approximate surface area is 99.7 Å². The Bertz CT molecular complexity index is 590. The van der Waals surface area contributed by atoms with Gasteiger partial charge in [0.1, 0.15) is 11.2 Å². The molecule has 1 saturated carbocycles. The van der Waals surface area contributed by atoms with Crippen LogP contribution in [0.1, 0.15) is 39.0 Å². The van der Waals surface area contributed by atoms with Gasteiger partial charge in [-0.1, -0.05) is 19.3 Å². The van der Waals surface area contributed by atoms with Crippen molar-refractivity contribution in [3.63, 3.8) is 0 Å². The highest BCUT2D eigenvalue weighted by Gasteiger charge is 2.29. The van der Waals surface area contributed by atoms with Gasteiger partial charge >= 0.3 is 0 Å². The SMILES string of the molecule is CC1(n2cnc3ccc(=O)[nH]c32)CCCCC1. The Morgan fingerprint density at radius 1 is 1.29 bits per heavy atom. The maximum absolute atomic E-state index is 11.4. The number of fused-ring (bicyclic) bond motifs is 1. The van der Waals surface area contributed by atoms with E-state index < -0.39 is 0 Å². The van der Waals surface area contributed by atoms with Gasteiger partial charge in [0.25, 0.3) is 0 Å². The molecule has 0 amide bonds. The molecular weight excluding hydrogens is 214 g/mol. The molecule has 2 aromatic heterocycles. The summed E-state index contributed by atoms with van der Waals surface area (Å²) in [7, 11) is 0. The molecule has 0 unspecified atom stereocenters. The van der Waals surface area contributed by atoms with E-state index in [1.54, 1.807) is 6.07 Å². The van der Waals surface area contributed by atoms with Gasteiger partial charge in [-0.3, -0.25) is 4.79 Å². The zero-order chi connectivity index (χ0) is 11.9. The summed E-state index contributed by atoms with van der Waals surface area (Å²) in [6.07, 6.45) is 8.02. The summed E-state index contributed by atoms with van der Waals surface area (Å²) >= 11 is 0. The highest BCUT2D eigenvalue weighted by atomic mass is 16.1. The summed E-state index contributed by atoms with van der Waals surface area (Å²) in [6.45, 7) is 2.26. The fourth-order valence-corrected chi connectivity index (χ4v) is 2.89. The molecule has 0 bridgehead atoms. The molecule has 0 saturated heterocycles. The molecule has 2 aromatic rings. The monoisotopic (exact) mass is 231 g/mol. The second-order valence-corrected chi connectivity index (χ2v) is 5.23. The molecule has 1 aliphatic rings. The number of rotatable bonds is 1. The molecule has 1 N–H and O–H groups in total. The minimum Gasteiger partial charge on any atom is -0.311 e. The predicted molar refractivity (Wildman–Crippen MR) is 67.1 cm³/mol. The average Bonchev–Trinajstić information content (AvgIpc) is 2.73. The van der Waals surface area contributed by atoms with Gasteiger partial charge in [-0.05, 0) is 25.8 Å². The molecule has 17 heavy (non-hydrogen) atoms. The van der Waals surface area contributed by atoms with Crippen LogP contribution in [0.4, 0.5) is 0 Å². The maximum Gasteiger partial charge on any atom is 0.249 e. The molecule has 3 rings (SSSR count). The molecule has 0 spiro atoms. The Morgan fingerprint density at radius 2 is 2.06 bits per heavy atom. The van der Waals surface area contributed by atoms with Crippen molar-refractivity contribution in [1.29, 1.82) is 0 Å². The quantitative estimate of drug-likeness (QED) is 0.819. The molecule has 4 nitrogen and oxygen atoms in total. The summed E-state index contributed by atoms with van der Waals surface area (Å²) < 4.78 is 2.16. The van der Waals surface area contributed by atoms with Crippen LogP contribution in [0.15, 0.2) is 23.3 Å². The third kappa shape index (κ3) is 1.68. The van der Waals surface area contributed by atoms with Crippen molar-refractivity contribution in [3.05, 3.63) is 28.8 Å². The van der Waals surface area contributed by atoms with Crippen molar-refractivity contribution in [1.82, 2.24) is 14.5 Å². The number of nitrogens with zero attached hydrogens (tertiary/aromatic N) is 2. The Morgan fingerprint density at radius 3 is 2.82 bits per heavy atom. The van der Waals surface area contributed by atoms with E-state index >= 15 is 0 Å². The van der Waals surface area contributed by atoms with Crippen molar-refractivity contribution >= 4 is 11.2 Å². The molecular formula is C13H17N3O. The standard InChI is InChI=1S/C13H17N3O/c1-13(7-3-2-4-8-13)16-9-14-10-5-6-11(17)15-12(10)16/h5-6,9H,2-4,7-8H2,1H3,(H,15,17). The number of hydrogen-bond acceptors (Lipinski definition) is 2. The summed E-state index contributed by atoms with van der Waals surface area (Å²) in [6, 6.07) is 3.32. The van der Waals surface area contributed by atoms with E-state index in [9.17, 15) is 4.79 Å². The van der Waals surface area contributed by atoms with E-state index in [4.69, 9.17) is 0 Å². The molecule has 4 heteroatoms. The molecule has 0 aliphatic heterocycles. The average molecular weight is 231 g/mol. The topological polar surface area (TPSA) is 50.7 Å². The van der Waals surface area contributed by atoms with Crippen molar-refractivity contribution < 1.29 is 0 Å². The van der Waals surface area contributed by atoms with Crippen LogP contribution < -0.4 is 5.56 Å². The zero-order valence-electron chi connectivity index (χ0n) is 10.1. The van der Waals surface area contributed by atoms with Gasteiger partial charge in [0.05, 0.1) is 6.33 Å². The number of aromatic amines is 1. The van der Waals surface area contributed by atoms with E-state index in [0.717, 1.165) is 24.0 Å². The summed E-state index contributed by atoms with van der Waals surface area (Å²) in [5.74, 6) is 0. The van der Waals surface area contributed by atoms with Gasteiger partial charge in [0, 0.05) is 11.6 Å². The fourth-order valence-electron chi connectivity index (χ4n) is 2.89. The van der Waals surface area contributed by atoms with E-state index in [2.05, 4.69) is 21.5 Å². The Balaban J connectivity index is 2.16. The van der Waals surface area contributed by atoms with Gasteiger partial charge in [-0.15, -0.1) is 0 Å². The second-order valence-electron chi connectivity index (χ2n) is 5.23. The number of hydrogen-bond donors (Lipinski definition) is 1. The van der Waals surface area contributed by atoms with Gasteiger partial charge in [-0.25, -0.2) is 4.98 Å². The molecule has 1 fully saturated rings. The lowest BCUT2D eigenvalue weighted by atomic mass is 9.83. The number of nitrogens with one attached hydrogen (secondary N) is 1.